The number of rotatable bonds is 39. The molecule has 0 fully saturated rings. The first-order valence-corrected chi connectivity index (χ1v) is 28.3. The van der Waals surface area contributed by atoms with E-state index in [4.69, 9.17) is 22.9 Å². The van der Waals surface area contributed by atoms with E-state index in [-0.39, 0.29) is 88.7 Å². The topological polar surface area (TPSA) is 403 Å². The van der Waals surface area contributed by atoms with Crippen LogP contribution >= 0.6 is 0 Å². The summed E-state index contributed by atoms with van der Waals surface area (Å²) in [4.78, 5) is 137. The van der Waals surface area contributed by atoms with Crippen LogP contribution < -0.4 is 70.8 Å². The molecule has 0 aliphatic rings. The van der Waals surface area contributed by atoms with Crippen LogP contribution in [0.4, 0.5) is 0 Å². The second-order valence-electron chi connectivity index (χ2n) is 21.5. The van der Waals surface area contributed by atoms with Crippen molar-refractivity contribution in [3.8, 4) is 0 Å². The zero-order chi connectivity index (χ0) is 60.6. The normalized spacial score (nSPS) is 14.6. The molecule has 18 N–H and O–H groups in total. The Kier molecular flexibility index (Phi) is 32.7. The third-order valence-corrected chi connectivity index (χ3v) is 13.1. The number of amides is 10. The van der Waals surface area contributed by atoms with Gasteiger partial charge in [-0.2, -0.15) is 0 Å². The van der Waals surface area contributed by atoms with Crippen molar-refractivity contribution >= 4 is 59.1 Å². The van der Waals surface area contributed by atoms with E-state index < -0.39 is 120 Å². The standard InChI is InChI=1S/C57H93N13O11/c1-8-9-10-17-22-47(72)62-39(23-26-58)50(74)66-44(31-37-18-13-11-14-19-37)55(79)63-40(24-27-59)51(75)67-45(32-38-20-15-12-16-21-38)56(80)65-42(29-34(2)3)53(77)64-41(25-28-60)52(76)70-48(36(6)7)57(81)68-43(30-35(4)5)54(78)69-46(33-71)49(61)73/h11-16,18-21,34-36,39-46,48,71H,8-10,17,22-33,58-60H2,1-7H3,(H2,61,73)(H,62,72)(H,63,79)(H,64,77)(H,65,80)(H,66,74)(H,67,75)(H,68,81)(H,69,78)(H,70,76)/t39-,40-,41-,42-,43-,44-,45+,46-,48+/m0/s1. The molecule has 10 amide bonds. The first kappa shape index (κ1) is 70.1. The fourth-order valence-corrected chi connectivity index (χ4v) is 8.70. The molecule has 0 aliphatic carbocycles. The highest BCUT2D eigenvalue weighted by Gasteiger charge is 2.36. The van der Waals surface area contributed by atoms with E-state index in [2.05, 4.69) is 54.8 Å². The molecule has 0 bridgehead atoms. The van der Waals surface area contributed by atoms with Crippen LogP contribution in [0.15, 0.2) is 60.7 Å². The monoisotopic (exact) mass is 1140 g/mol. The predicted molar refractivity (Wildman–Crippen MR) is 307 cm³/mol. The van der Waals surface area contributed by atoms with Crippen molar-refractivity contribution in [3.63, 3.8) is 0 Å². The van der Waals surface area contributed by atoms with Crippen LogP contribution in [-0.2, 0) is 60.8 Å². The van der Waals surface area contributed by atoms with Gasteiger partial charge in [-0.1, -0.05) is 128 Å². The Morgan fingerprint density at radius 1 is 0.432 bits per heavy atom. The Balaban J connectivity index is 2.43. The lowest BCUT2D eigenvalue weighted by Crippen LogP contribution is -2.61. The number of nitrogens with two attached hydrogens (primary N) is 4. The molecule has 0 heterocycles. The van der Waals surface area contributed by atoms with Crippen LogP contribution in [0.3, 0.4) is 0 Å². The van der Waals surface area contributed by atoms with E-state index in [0.29, 0.717) is 17.5 Å². The van der Waals surface area contributed by atoms with Gasteiger partial charge in [-0.3, -0.25) is 47.9 Å². The maximum absolute atomic E-state index is 14.5. The number of carbonyl (C=O) groups is 10. The second-order valence-corrected chi connectivity index (χ2v) is 21.5. The van der Waals surface area contributed by atoms with E-state index in [1.807, 2.05) is 13.8 Å². The Morgan fingerprint density at radius 3 is 1.15 bits per heavy atom. The zero-order valence-electron chi connectivity index (χ0n) is 48.4. The number of hydrogen-bond acceptors (Lipinski definition) is 14. The van der Waals surface area contributed by atoms with Crippen LogP contribution in [0.5, 0.6) is 0 Å². The lowest BCUT2D eigenvalue weighted by Gasteiger charge is -2.29. The molecule has 0 unspecified atom stereocenters. The number of unbranched alkanes of at least 4 members (excludes halogenated alkanes) is 3. The van der Waals surface area contributed by atoms with Crippen molar-refractivity contribution < 1.29 is 53.1 Å². The Bertz CT molecular complexity index is 2310. The molecule has 0 aliphatic heterocycles. The molecule has 0 spiro atoms. The number of primary amides is 1. The van der Waals surface area contributed by atoms with Crippen LogP contribution in [0, 0.1) is 17.8 Å². The smallest absolute Gasteiger partial charge is 0.243 e. The van der Waals surface area contributed by atoms with Crippen LogP contribution in [-0.4, -0.2) is 145 Å². The average molecular weight is 1140 g/mol. The average Bonchev–Trinajstić information content (AvgIpc) is 3.43. The molecule has 0 radical (unpaired) electrons. The van der Waals surface area contributed by atoms with Crippen molar-refractivity contribution in [2.24, 2.45) is 40.7 Å². The van der Waals surface area contributed by atoms with E-state index in [1.165, 1.54) is 0 Å². The van der Waals surface area contributed by atoms with Gasteiger partial charge in [-0.25, -0.2) is 0 Å². The number of hydrogen-bond donors (Lipinski definition) is 14. The Labute approximate surface area is 477 Å². The van der Waals surface area contributed by atoms with Gasteiger partial charge in [0.15, 0.2) is 0 Å². The summed E-state index contributed by atoms with van der Waals surface area (Å²) in [6, 6.07) is 6.21. The summed E-state index contributed by atoms with van der Waals surface area (Å²) < 4.78 is 0. The van der Waals surface area contributed by atoms with Crippen molar-refractivity contribution in [1.29, 1.82) is 0 Å². The van der Waals surface area contributed by atoms with Crippen LogP contribution in [0.1, 0.15) is 124 Å². The molecular weight excluding hydrogens is 1040 g/mol. The first-order valence-electron chi connectivity index (χ1n) is 28.3. The molecule has 0 saturated carbocycles. The quantitative estimate of drug-likeness (QED) is 0.0360. The molecule has 24 heteroatoms. The van der Waals surface area contributed by atoms with Crippen molar-refractivity contribution in [2.45, 2.75) is 180 Å². The maximum Gasteiger partial charge on any atom is 0.243 e. The highest BCUT2D eigenvalue weighted by Crippen LogP contribution is 2.13. The number of carbonyl (C=O) groups excluding carboxylic acids is 10. The number of nitrogens with one attached hydrogen (secondary N) is 9. The van der Waals surface area contributed by atoms with E-state index in [9.17, 15) is 53.1 Å². The minimum atomic E-state index is -1.40. The Hall–Kier alpha value is -7.02. The molecule has 2 rings (SSSR count). The fourth-order valence-electron chi connectivity index (χ4n) is 8.70. The first-order chi connectivity index (χ1) is 38.5. The van der Waals surface area contributed by atoms with Gasteiger partial charge in [0, 0.05) is 19.3 Å². The molecular formula is C57H93N13O11. The highest BCUT2D eigenvalue weighted by atomic mass is 16.3. The van der Waals surface area contributed by atoms with Gasteiger partial charge in [0.1, 0.15) is 54.4 Å². The highest BCUT2D eigenvalue weighted by molar-refractivity contribution is 5.98. The summed E-state index contributed by atoms with van der Waals surface area (Å²) in [5.41, 5.74) is 24.4. The second kappa shape index (κ2) is 37.8. The molecule has 2 aromatic carbocycles. The third-order valence-electron chi connectivity index (χ3n) is 13.1. The molecule has 81 heavy (non-hydrogen) atoms. The fraction of sp³-hybridized carbons (Fsp3) is 0.614. The van der Waals surface area contributed by atoms with Gasteiger partial charge in [-0.15, -0.1) is 0 Å². The number of aliphatic hydroxyl groups is 1. The largest absolute Gasteiger partial charge is 0.394 e. The molecule has 9 atom stereocenters. The molecule has 2 aromatic rings. The summed E-state index contributed by atoms with van der Waals surface area (Å²) in [5.74, 6) is -8.24. The van der Waals surface area contributed by atoms with E-state index in [1.54, 1.807) is 88.4 Å². The minimum Gasteiger partial charge on any atom is -0.394 e. The van der Waals surface area contributed by atoms with E-state index in [0.717, 1.165) is 19.3 Å². The minimum absolute atomic E-state index is 0.00226. The number of aliphatic hydroxyl groups excluding tert-OH is 1. The molecule has 24 nitrogen and oxygen atoms in total. The molecule has 452 valence electrons. The summed E-state index contributed by atoms with van der Waals surface area (Å²) >= 11 is 0. The SMILES string of the molecule is CCCCCCC(=O)N[C@@H](CCN)C(=O)N[C@@H](Cc1ccccc1)C(=O)N[C@@H](CCN)C(=O)N[C@H](Cc1ccccc1)C(=O)N[C@@H](CC(C)C)C(=O)N[C@@H](CCN)C(=O)N[C@@H](C(=O)N[C@@H](CC(C)C)C(=O)N[C@@H](CO)C(N)=O)C(C)C. The summed E-state index contributed by atoms with van der Waals surface area (Å²) in [7, 11) is 0. The summed E-state index contributed by atoms with van der Waals surface area (Å²) in [6.45, 7) is 11.7. The summed E-state index contributed by atoms with van der Waals surface area (Å²) in [6.07, 6.45) is 3.70. The lowest BCUT2D eigenvalue weighted by molar-refractivity contribution is -0.136. The van der Waals surface area contributed by atoms with Gasteiger partial charge in [-0.05, 0) is 87.0 Å². The Morgan fingerprint density at radius 2 is 0.778 bits per heavy atom. The predicted octanol–water partition coefficient (Wildman–Crippen LogP) is -0.922. The van der Waals surface area contributed by atoms with Gasteiger partial charge < -0.3 is 75.9 Å². The van der Waals surface area contributed by atoms with Crippen molar-refractivity contribution in [1.82, 2.24) is 47.9 Å². The van der Waals surface area contributed by atoms with Gasteiger partial charge in [0.25, 0.3) is 0 Å². The molecule has 0 saturated heterocycles. The van der Waals surface area contributed by atoms with Crippen LogP contribution in [0.25, 0.3) is 0 Å². The lowest BCUT2D eigenvalue weighted by atomic mass is 9.98. The molecule has 0 aromatic heterocycles. The van der Waals surface area contributed by atoms with Crippen molar-refractivity contribution in [3.05, 3.63) is 71.8 Å². The van der Waals surface area contributed by atoms with Gasteiger partial charge >= 0.3 is 0 Å². The van der Waals surface area contributed by atoms with Crippen LogP contribution in [0.2, 0.25) is 0 Å². The summed E-state index contributed by atoms with van der Waals surface area (Å²) in [5, 5.41) is 33.6. The van der Waals surface area contributed by atoms with Gasteiger partial charge in [0.05, 0.1) is 6.61 Å². The van der Waals surface area contributed by atoms with Crippen molar-refractivity contribution in [2.75, 3.05) is 26.2 Å². The number of benzene rings is 2. The maximum atomic E-state index is 14.5. The van der Waals surface area contributed by atoms with Gasteiger partial charge in [0.2, 0.25) is 59.1 Å². The zero-order valence-corrected chi connectivity index (χ0v) is 48.4. The third kappa shape index (κ3) is 26.4. The van der Waals surface area contributed by atoms with E-state index >= 15 is 0 Å².